The zero-order valence-electron chi connectivity index (χ0n) is 18.3. The van der Waals surface area contributed by atoms with Gasteiger partial charge in [0.05, 0.1) is 0 Å². The van der Waals surface area contributed by atoms with Gasteiger partial charge in [0.25, 0.3) is 5.91 Å². The van der Waals surface area contributed by atoms with Gasteiger partial charge in [-0.15, -0.1) is 6.58 Å². The van der Waals surface area contributed by atoms with Crippen LogP contribution >= 0.6 is 0 Å². The van der Waals surface area contributed by atoms with E-state index in [-0.39, 0.29) is 6.61 Å². The summed E-state index contributed by atoms with van der Waals surface area (Å²) in [5.41, 5.74) is 0.204. The van der Waals surface area contributed by atoms with Gasteiger partial charge in [0, 0.05) is 12.5 Å². The molecular weight excluding hydrogens is 453 g/mol. The summed E-state index contributed by atoms with van der Waals surface area (Å²) in [6.07, 6.45) is -5.60. The maximum atomic E-state index is 13.9. The van der Waals surface area contributed by atoms with Crippen LogP contribution in [0.15, 0.2) is 61.2 Å². The molecule has 0 radical (unpaired) electrons. The Labute approximate surface area is 193 Å². The fourth-order valence-electron chi connectivity index (χ4n) is 3.94. The Hall–Kier alpha value is -3.82. The maximum absolute atomic E-state index is 13.9. The number of hydrogen-bond donors (Lipinski definition) is 2. The molecule has 34 heavy (non-hydrogen) atoms. The lowest BCUT2D eigenvalue weighted by molar-refractivity contribution is -0.200. The summed E-state index contributed by atoms with van der Waals surface area (Å²) >= 11 is 0. The first-order valence-electron chi connectivity index (χ1n) is 10.3. The van der Waals surface area contributed by atoms with Crippen LogP contribution in [0.2, 0.25) is 0 Å². The average Bonchev–Trinajstić information content (AvgIpc) is 3.09. The fourth-order valence-corrected chi connectivity index (χ4v) is 3.94. The highest BCUT2D eigenvalue weighted by molar-refractivity contribution is 5.92. The lowest BCUT2D eigenvalue weighted by Gasteiger charge is -2.35. The van der Waals surface area contributed by atoms with Crippen molar-refractivity contribution in [2.45, 2.75) is 24.6 Å². The van der Waals surface area contributed by atoms with E-state index in [2.05, 4.69) is 6.58 Å². The molecule has 1 aliphatic carbocycles. The van der Waals surface area contributed by atoms with Crippen LogP contribution in [0.25, 0.3) is 11.1 Å². The SMILES string of the molecule is C=CCN(CC(=O)O)C(=O)C(C)(NC(=O)OCC1c2ccccc2-c2ccccc21)C(F)(F)F. The van der Waals surface area contributed by atoms with Gasteiger partial charge in [-0.2, -0.15) is 13.2 Å². The van der Waals surface area contributed by atoms with E-state index >= 15 is 0 Å². The van der Waals surface area contributed by atoms with Gasteiger partial charge in [-0.05, 0) is 29.2 Å². The lowest BCUT2D eigenvalue weighted by atomic mass is 9.98. The monoisotopic (exact) mass is 476 g/mol. The Bertz CT molecular complexity index is 1070. The number of amides is 2. The van der Waals surface area contributed by atoms with Gasteiger partial charge in [-0.3, -0.25) is 14.9 Å². The molecular formula is C24H23F3N2O5. The summed E-state index contributed by atoms with van der Waals surface area (Å²) in [7, 11) is 0. The number of alkyl carbamates (subject to hydrolysis) is 1. The number of benzene rings is 2. The van der Waals surface area contributed by atoms with E-state index in [4.69, 9.17) is 9.84 Å². The normalized spacial score (nSPS) is 14.4. The van der Waals surface area contributed by atoms with E-state index in [9.17, 15) is 27.6 Å². The summed E-state index contributed by atoms with van der Waals surface area (Å²) in [5.74, 6) is -3.55. The molecule has 10 heteroatoms. The number of carbonyl (C=O) groups excluding carboxylic acids is 2. The molecule has 0 saturated heterocycles. The van der Waals surface area contributed by atoms with E-state index in [0.717, 1.165) is 28.3 Å². The molecule has 1 unspecified atom stereocenters. The van der Waals surface area contributed by atoms with Gasteiger partial charge in [-0.25, -0.2) is 4.79 Å². The molecule has 2 N–H and O–H groups in total. The average molecular weight is 476 g/mol. The zero-order valence-corrected chi connectivity index (χ0v) is 18.3. The Kier molecular flexibility index (Phi) is 6.99. The molecule has 180 valence electrons. The van der Waals surface area contributed by atoms with Crippen molar-refractivity contribution < 1.29 is 37.4 Å². The first kappa shape index (κ1) is 24.8. The number of hydrogen-bond acceptors (Lipinski definition) is 4. The first-order valence-corrected chi connectivity index (χ1v) is 10.3. The van der Waals surface area contributed by atoms with Crippen molar-refractivity contribution in [3.63, 3.8) is 0 Å². The van der Waals surface area contributed by atoms with Gasteiger partial charge in [0.1, 0.15) is 13.2 Å². The van der Waals surface area contributed by atoms with Crippen molar-refractivity contribution in [3.05, 3.63) is 72.3 Å². The van der Waals surface area contributed by atoms with Gasteiger partial charge in [0.15, 0.2) is 0 Å². The van der Waals surface area contributed by atoms with Crippen molar-refractivity contribution >= 4 is 18.0 Å². The Balaban J connectivity index is 1.79. The van der Waals surface area contributed by atoms with Crippen LogP contribution in [0, 0.1) is 0 Å². The number of halogens is 3. The fraction of sp³-hybridized carbons (Fsp3) is 0.292. The number of rotatable bonds is 8. The highest BCUT2D eigenvalue weighted by Crippen LogP contribution is 2.44. The number of nitrogens with one attached hydrogen (secondary N) is 1. The number of alkyl halides is 3. The number of aliphatic carboxylic acids is 1. The van der Waals surface area contributed by atoms with Crippen LogP contribution in [-0.4, -0.2) is 59.4 Å². The summed E-state index contributed by atoms with van der Waals surface area (Å²) in [5, 5.41) is 10.6. The second kappa shape index (κ2) is 9.58. The van der Waals surface area contributed by atoms with Crippen molar-refractivity contribution in [1.29, 1.82) is 0 Å². The number of carbonyl (C=O) groups is 3. The zero-order chi connectivity index (χ0) is 25.1. The second-order valence-corrected chi connectivity index (χ2v) is 7.94. The minimum Gasteiger partial charge on any atom is -0.480 e. The first-order chi connectivity index (χ1) is 16.0. The molecule has 1 aliphatic rings. The molecule has 2 amide bonds. The quantitative estimate of drug-likeness (QED) is 0.563. The topological polar surface area (TPSA) is 95.9 Å². The maximum Gasteiger partial charge on any atom is 0.420 e. The molecule has 0 aromatic heterocycles. The van der Waals surface area contributed by atoms with E-state index in [0.29, 0.717) is 11.8 Å². The van der Waals surface area contributed by atoms with Crippen molar-refractivity contribution in [1.82, 2.24) is 10.2 Å². The molecule has 0 fully saturated rings. The standard InChI is InChI=1S/C24H23F3N2O5/c1-3-12-29(13-20(30)31)21(32)23(2,24(25,26)27)28-22(33)34-14-19-17-10-6-4-8-15(17)16-9-5-7-11-18(16)19/h3-11,19H,1,12-14H2,2H3,(H,28,33)(H,30,31). The van der Waals surface area contributed by atoms with Crippen LogP contribution < -0.4 is 5.32 Å². The number of carboxylic acids is 1. The predicted octanol–water partition coefficient (Wildman–Crippen LogP) is 3.95. The van der Waals surface area contributed by atoms with Crippen LogP contribution in [0.5, 0.6) is 0 Å². The minimum absolute atomic E-state index is 0.256. The van der Waals surface area contributed by atoms with Crippen molar-refractivity contribution in [2.24, 2.45) is 0 Å². The molecule has 0 saturated carbocycles. The second-order valence-electron chi connectivity index (χ2n) is 7.94. The number of ether oxygens (including phenoxy) is 1. The molecule has 0 spiro atoms. The molecule has 0 aliphatic heterocycles. The third-order valence-corrected chi connectivity index (χ3v) is 5.65. The van der Waals surface area contributed by atoms with Gasteiger partial charge < -0.3 is 14.7 Å². The van der Waals surface area contributed by atoms with E-state index in [1.165, 1.54) is 0 Å². The molecule has 0 bridgehead atoms. The van der Waals surface area contributed by atoms with Crippen LogP contribution in [0.1, 0.15) is 24.0 Å². The molecule has 2 aromatic rings. The smallest absolute Gasteiger partial charge is 0.420 e. The van der Waals surface area contributed by atoms with E-state index < -0.39 is 48.7 Å². The van der Waals surface area contributed by atoms with Gasteiger partial charge in [-0.1, -0.05) is 54.6 Å². The largest absolute Gasteiger partial charge is 0.480 e. The molecule has 3 rings (SSSR count). The number of nitrogens with zero attached hydrogens (tertiary/aromatic N) is 1. The van der Waals surface area contributed by atoms with Gasteiger partial charge in [0.2, 0.25) is 5.54 Å². The highest BCUT2D eigenvalue weighted by atomic mass is 19.4. The number of fused-ring (bicyclic) bond motifs is 3. The Morgan fingerprint density at radius 2 is 1.62 bits per heavy atom. The predicted molar refractivity (Wildman–Crippen MR) is 117 cm³/mol. The van der Waals surface area contributed by atoms with E-state index in [1.54, 1.807) is 5.32 Å². The summed E-state index contributed by atoms with van der Waals surface area (Å²) in [4.78, 5) is 36.6. The molecule has 7 nitrogen and oxygen atoms in total. The Morgan fingerprint density at radius 3 is 2.09 bits per heavy atom. The molecule has 1 atom stereocenters. The third-order valence-electron chi connectivity index (χ3n) is 5.65. The summed E-state index contributed by atoms with van der Waals surface area (Å²) in [6.45, 7) is 2.08. The third kappa shape index (κ3) is 4.75. The Morgan fingerprint density at radius 1 is 1.09 bits per heavy atom. The van der Waals surface area contributed by atoms with E-state index in [1.807, 2.05) is 48.5 Å². The molecule has 0 heterocycles. The molecule has 2 aromatic carbocycles. The highest BCUT2D eigenvalue weighted by Gasteiger charge is 2.59. The summed E-state index contributed by atoms with van der Waals surface area (Å²) < 4.78 is 46.8. The van der Waals surface area contributed by atoms with Crippen LogP contribution in [0.3, 0.4) is 0 Å². The number of carboxylic acid groups (broad SMARTS) is 1. The van der Waals surface area contributed by atoms with Crippen LogP contribution in [0.4, 0.5) is 18.0 Å². The van der Waals surface area contributed by atoms with Crippen molar-refractivity contribution in [2.75, 3.05) is 19.7 Å². The summed E-state index contributed by atoms with van der Waals surface area (Å²) in [6, 6.07) is 14.9. The van der Waals surface area contributed by atoms with Crippen molar-refractivity contribution in [3.8, 4) is 11.1 Å². The van der Waals surface area contributed by atoms with Gasteiger partial charge >= 0.3 is 18.2 Å². The lowest BCUT2D eigenvalue weighted by Crippen LogP contribution is -2.66. The van der Waals surface area contributed by atoms with Crippen LogP contribution in [-0.2, 0) is 14.3 Å². The minimum atomic E-state index is -5.23.